The third-order valence-electron chi connectivity index (χ3n) is 3.18. The minimum atomic E-state index is -0.125. The van der Waals surface area contributed by atoms with Gasteiger partial charge >= 0.3 is 0 Å². The van der Waals surface area contributed by atoms with E-state index in [-0.39, 0.29) is 5.56 Å². The highest BCUT2D eigenvalue weighted by atomic mass is 35.5. The second kappa shape index (κ2) is 5.02. The summed E-state index contributed by atoms with van der Waals surface area (Å²) in [5.74, 6) is 0.742. The number of ether oxygens (including phenoxy) is 1. The molecule has 1 heterocycles. The molecule has 3 aromatic rings. The molecule has 0 aliphatic heterocycles. The summed E-state index contributed by atoms with van der Waals surface area (Å²) >= 11 is 6.04. The van der Waals surface area contributed by atoms with Crippen LogP contribution in [-0.2, 0) is 0 Å². The van der Waals surface area contributed by atoms with Crippen molar-refractivity contribution in [3.8, 4) is 16.9 Å². The second-order valence-corrected chi connectivity index (χ2v) is 4.91. The molecule has 4 heteroatoms. The van der Waals surface area contributed by atoms with E-state index in [4.69, 9.17) is 16.3 Å². The van der Waals surface area contributed by atoms with Crippen LogP contribution in [0.25, 0.3) is 22.0 Å². The minimum Gasteiger partial charge on any atom is -0.496 e. The summed E-state index contributed by atoms with van der Waals surface area (Å²) in [5, 5.41) is 1.58. The zero-order valence-corrected chi connectivity index (χ0v) is 11.6. The van der Waals surface area contributed by atoms with Crippen molar-refractivity contribution in [1.82, 2.24) is 4.98 Å². The molecule has 0 fully saturated rings. The number of pyridine rings is 1. The van der Waals surface area contributed by atoms with Gasteiger partial charge in [0.25, 0.3) is 0 Å². The molecule has 1 N–H and O–H groups in total. The van der Waals surface area contributed by atoms with Crippen LogP contribution < -0.4 is 10.3 Å². The van der Waals surface area contributed by atoms with E-state index in [0.29, 0.717) is 5.02 Å². The maximum absolute atomic E-state index is 11.4. The van der Waals surface area contributed by atoms with Crippen LogP contribution in [-0.4, -0.2) is 12.1 Å². The van der Waals surface area contributed by atoms with E-state index in [0.717, 1.165) is 27.8 Å². The minimum absolute atomic E-state index is 0.125. The number of rotatable bonds is 2. The first kappa shape index (κ1) is 12.8. The molecule has 0 radical (unpaired) electrons. The average molecular weight is 286 g/mol. The molecular weight excluding hydrogens is 274 g/mol. The van der Waals surface area contributed by atoms with Crippen molar-refractivity contribution in [2.45, 2.75) is 0 Å². The molecule has 0 bridgehead atoms. The fourth-order valence-corrected chi connectivity index (χ4v) is 2.42. The van der Waals surface area contributed by atoms with Gasteiger partial charge in [0.2, 0.25) is 5.56 Å². The molecule has 0 atom stereocenters. The van der Waals surface area contributed by atoms with Gasteiger partial charge in [0.05, 0.1) is 7.11 Å². The lowest BCUT2D eigenvalue weighted by Crippen LogP contribution is -2.02. The SMILES string of the molecule is COc1cc2ccc(=O)[nH]c2cc1-c1cccc(Cl)c1. The van der Waals surface area contributed by atoms with E-state index in [1.165, 1.54) is 6.07 Å². The summed E-state index contributed by atoms with van der Waals surface area (Å²) in [4.78, 5) is 14.3. The van der Waals surface area contributed by atoms with Crippen LogP contribution in [0.2, 0.25) is 5.02 Å². The molecule has 0 spiro atoms. The normalized spacial score (nSPS) is 10.7. The van der Waals surface area contributed by atoms with Crippen molar-refractivity contribution in [2.24, 2.45) is 0 Å². The van der Waals surface area contributed by atoms with Crippen LogP contribution in [0, 0.1) is 0 Å². The number of nitrogens with one attached hydrogen (secondary N) is 1. The largest absolute Gasteiger partial charge is 0.496 e. The van der Waals surface area contributed by atoms with E-state index in [1.54, 1.807) is 13.2 Å². The van der Waals surface area contributed by atoms with E-state index < -0.39 is 0 Å². The van der Waals surface area contributed by atoms with Gasteiger partial charge in [0.15, 0.2) is 0 Å². The third kappa shape index (κ3) is 2.28. The summed E-state index contributed by atoms with van der Waals surface area (Å²) in [6.07, 6.45) is 0. The first-order valence-corrected chi connectivity index (χ1v) is 6.52. The second-order valence-electron chi connectivity index (χ2n) is 4.47. The Morgan fingerprint density at radius 1 is 1.10 bits per heavy atom. The molecule has 0 aliphatic carbocycles. The summed E-state index contributed by atoms with van der Waals surface area (Å²) in [5.41, 5.74) is 2.48. The summed E-state index contributed by atoms with van der Waals surface area (Å²) in [6, 6.07) is 14.6. The van der Waals surface area contributed by atoms with Gasteiger partial charge in [-0.15, -0.1) is 0 Å². The van der Waals surface area contributed by atoms with Crippen molar-refractivity contribution >= 4 is 22.5 Å². The fraction of sp³-hybridized carbons (Fsp3) is 0.0625. The molecule has 3 rings (SSSR count). The van der Waals surface area contributed by atoms with Crippen LogP contribution in [0.5, 0.6) is 5.75 Å². The molecule has 0 aliphatic rings. The lowest BCUT2D eigenvalue weighted by atomic mass is 10.0. The Morgan fingerprint density at radius 3 is 2.70 bits per heavy atom. The van der Waals surface area contributed by atoms with Gasteiger partial charge in [0, 0.05) is 27.6 Å². The number of halogens is 1. The lowest BCUT2D eigenvalue weighted by Gasteiger charge is -2.11. The highest BCUT2D eigenvalue weighted by molar-refractivity contribution is 6.30. The molecule has 0 unspecified atom stereocenters. The molecule has 0 amide bonds. The maximum Gasteiger partial charge on any atom is 0.248 e. The molecule has 100 valence electrons. The third-order valence-corrected chi connectivity index (χ3v) is 3.41. The number of aromatic nitrogens is 1. The predicted molar refractivity (Wildman–Crippen MR) is 81.6 cm³/mol. The number of methoxy groups -OCH3 is 1. The maximum atomic E-state index is 11.4. The molecular formula is C16H12ClNO2. The average Bonchev–Trinajstić information content (AvgIpc) is 2.45. The van der Waals surface area contributed by atoms with Crippen LogP contribution in [0.1, 0.15) is 0 Å². The van der Waals surface area contributed by atoms with E-state index in [1.807, 2.05) is 36.4 Å². The molecule has 2 aromatic carbocycles. The van der Waals surface area contributed by atoms with E-state index >= 15 is 0 Å². The molecule has 20 heavy (non-hydrogen) atoms. The Kier molecular flexibility index (Phi) is 3.20. The fourth-order valence-electron chi connectivity index (χ4n) is 2.23. The lowest BCUT2D eigenvalue weighted by molar-refractivity contribution is 0.417. The van der Waals surface area contributed by atoms with Crippen molar-refractivity contribution in [3.63, 3.8) is 0 Å². The standard InChI is InChI=1S/C16H12ClNO2/c1-20-15-8-11-5-6-16(19)18-14(11)9-13(15)10-3-2-4-12(17)7-10/h2-9H,1H3,(H,18,19). The highest BCUT2D eigenvalue weighted by Crippen LogP contribution is 2.34. The Bertz CT molecular complexity index is 839. The summed E-state index contributed by atoms with van der Waals surface area (Å²) < 4.78 is 5.44. The predicted octanol–water partition coefficient (Wildman–Crippen LogP) is 3.86. The number of hydrogen-bond acceptors (Lipinski definition) is 2. The van der Waals surface area contributed by atoms with Crippen molar-refractivity contribution in [1.29, 1.82) is 0 Å². The zero-order chi connectivity index (χ0) is 14.1. The number of H-pyrrole nitrogens is 1. The van der Waals surface area contributed by atoms with Crippen LogP contribution >= 0.6 is 11.6 Å². The van der Waals surface area contributed by atoms with E-state index in [2.05, 4.69) is 4.98 Å². The number of fused-ring (bicyclic) bond motifs is 1. The van der Waals surface area contributed by atoms with Gasteiger partial charge < -0.3 is 9.72 Å². The Hall–Kier alpha value is -2.26. The van der Waals surface area contributed by atoms with Crippen molar-refractivity contribution < 1.29 is 4.74 Å². The topological polar surface area (TPSA) is 42.1 Å². The Balaban J connectivity index is 2.30. The van der Waals surface area contributed by atoms with Gasteiger partial charge in [-0.25, -0.2) is 0 Å². The van der Waals surface area contributed by atoms with Gasteiger partial charge in [-0.05, 0) is 35.9 Å². The molecule has 0 saturated carbocycles. The van der Waals surface area contributed by atoms with Gasteiger partial charge in [0.1, 0.15) is 5.75 Å². The van der Waals surface area contributed by atoms with Crippen LogP contribution in [0.4, 0.5) is 0 Å². The van der Waals surface area contributed by atoms with E-state index in [9.17, 15) is 4.79 Å². The van der Waals surface area contributed by atoms with Gasteiger partial charge in [-0.2, -0.15) is 0 Å². The zero-order valence-electron chi connectivity index (χ0n) is 10.8. The van der Waals surface area contributed by atoms with Crippen LogP contribution in [0.15, 0.2) is 53.3 Å². The van der Waals surface area contributed by atoms with Crippen molar-refractivity contribution in [3.05, 3.63) is 63.9 Å². The number of benzene rings is 2. The summed E-state index contributed by atoms with van der Waals surface area (Å²) in [6.45, 7) is 0. The van der Waals surface area contributed by atoms with Gasteiger partial charge in [-0.1, -0.05) is 23.7 Å². The molecule has 3 nitrogen and oxygen atoms in total. The van der Waals surface area contributed by atoms with Crippen molar-refractivity contribution in [2.75, 3.05) is 7.11 Å². The Labute approximate surface area is 120 Å². The number of aromatic amines is 1. The molecule has 1 aromatic heterocycles. The van der Waals surface area contributed by atoms with Crippen LogP contribution in [0.3, 0.4) is 0 Å². The number of hydrogen-bond donors (Lipinski definition) is 1. The first-order valence-electron chi connectivity index (χ1n) is 6.14. The Morgan fingerprint density at radius 2 is 1.95 bits per heavy atom. The monoisotopic (exact) mass is 285 g/mol. The smallest absolute Gasteiger partial charge is 0.248 e. The highest BCUT2D eigenvalue weighted by Gasteiger charge is 2.09. The molecule has 0 saturated heterocycles. The summed E-state index contributed by atoms with van der Waals surface area (Å²) in [7, 11) is 1.63. The quantitative estimate of drug-likeness (QED) is 0.777. The van der Waals surface area contributed by atoms with Gasteiger partial charge in [-0.3, -0.25) is 4.79 Å². The first-order chi connectivity index (χ1) is 9.67.